The van der Waals surface area contributed by atoms with E-state index in [-0.39, 0.29) is 11.4 Å². The second kappa shape index (κ2) is 4.69. The van der Waals surface area contributed by atoms with Gasteiger partial charge in [0, 0.05) is 12.7 Å². The highest BCUT2D eigenvalue weighted by Crippen LogP contribution is 2.38. The Labute approximate surface area is 105 Å². The number of carboxylic acid groups (broad SMARTS) is 1. The smallest absolute Gasteiger partial charge is 0.310 e. The molecule has 1 saturated carbocycles. The molecule has 0 bridgehead atoms. The predicted octanol–water partition coefficient (Wildman–Crippen LogP) is 0.333. The molecule has 0 unspecified atom stereocenters. The van der Waals surface area contributed by atoms with E-state index in [4.69, 9.17) is 0 Å². The first-order chi connectivity index (χ1) is 8.46. The SMILES string of the molecule is O=C(O)C1(CNS(=O)(=O)c2cn[nH]c2)CCCC1. The van der Waals surface area contributed by atoms with Crippen LogP contribution in [0.3, 0.4) is 0 Å². The molecular weight excluding hydrogens is 258 g/mol. The molecule has 0 aromatic carbocycles. The molecule has 1 aromatic rings. The Kier molecular flexibility index (Phi) is 3.40. The average Bonchev–Trinajstić information content (AvgIpc) is 2.99. The molecule has 100 valence electrons. The van der Waals surface area contributed by atoms with Gasteiger partial charge >= 0.3 is 5.97 Å². The molecule has 0 amide bonds. The van der Waals surface area contributed by atoms with Crippen LogP contribution < -0.4 is 4.72 Å². The van der Waals surface area contributed by atoms with Crippen molar-refractivity contribution in [3.05, 3.63) is 12.4 Å². The van der Waals surface area contributed by atoms with E-state index in [1.807, 2.05) is 0 Å². The van der Waals surface area contributed by atoms with Crippen LogP contribution in [0.15, 0.2) is 17.3 Å². The summed E-state index contributed by atoms with van der Waals surface area (Å²) in [6.45, 7) is -0.0736. The molecule has 0 spiro atoms. The third-order valence-electron chi connectivity index (χ3n) is 3.40. The van der Waals surface area contributed by atoms with Crippen LogP contribution in [0.1, 0.15) is 25.7 Å². The van der Waals surface area contributed by atoms with Crippen LogP contribution in [-0.4, -0.2) is 36.2 Å². The Morgan fingerprint density at radius 2 is 2.17 bits per heavy atom. The van der Waals surface area contributed by atoms with Crippen molar-refractivity contribution in [2.75, 3.05) is 6.54 Å². The van der Waals surface area contributed by atoms with E-state index in [1.54, 1.807) is 0 Å². The van der Waals surface area contributed by atoms with Crippen molar-refractivity contribution >= 4 is 16.0 Å². The van der Waals surface area contributed by atoms with E-state index in [1.165, 1.54) is 12.4 Å². The fourth-order valence-corrected chi connectivity index (χ4v) is 3.25. The summed E-state index contributed by atoms with van der Waals surface area (Å²) < 4.78 is 26.1. The molecule has 0 saturated heterocycles. The van der Waals surface area contributed by atoms with Gasteiger partial charge in [-0.25, -0.2) is 13.1 Å². The van der Waals surface area contributed by atoms with Gasteiger partial charge in [-0.15, -0.1) is 0 Å². The fraction of sp³-hybridized carbons (Fsp3) is 0.600. The van der Waals surface area contributed by atoms with Gasteiger partial charge in [0.1, 0.15) is 4.90 Å². The Morgan fingerprint density at radius 3 is 2.67 bits per heavy atom. The monoisotopic (exact) mass is 273 g/mol. The highest BCUT2D eigenvalue weighted by Gasteiger charge is 2.42. The van der Waals surface area contributed by atoms with Crippen LogP contribution in [0.25, 0.3) is 0 Å². The first-order valence-electron chi connectivity index (χ1n) is 5.68. The van der Waals surface area contributed by atoms with Gasteiger partial charge in [0.2, 0.25) is 10.0 Å². The lowest BCUT2D eigenvalue weighted by Crippen LogP contribution is -2.41. The van der Waals surface area contributed by atoms with Gasteiger partial charge in [-0.2, -0.15) is 5.10 Å². The van der Waals surface area contributed by atoms with Gasteiger partial charge in [-0.3, -0.25) is 9.89 Å². The first-order valence-corrected chi connectivity index (χ1v) is 7.16. The van der Waals surface area contributed by atoms with E-state index in [0.29, 0.717) is 12.8 Å². The van der Waals surface area contributed by atoms with Crippen LogP contribution in [0.2, 0.25) is 0 Å². The molecule has 1 aromatic heterocycles. The standard InChI is InChI=1S/C10H15N3O4S/c14-9(15)10(3-1-2-4-10)7-13-18(16,17)8-5-11-12-6-8/h5-6,13H,1-4,7H2,(H,11,12)(H,14,15). The van der Waals surface area contributed by atoms with E-state index in [9.17, 15) is 18.3 Å². The second-order valence-corrected chi connectivity index (χ2v) is 6.32. The largest absolute Gasteiger partial charge is 0.481 e. The summed E-state index contributed by atoms with van der Waals surface area (Å²) >= 11 is 0. The maximum Gasteiger partial charge on any atom is 0.310 e. The van der Waals surface area contributed by atoms with Crippen molar-refractivity contribution in [1.82, 2.24) is 14.9 Å². The van der Waals surface area contributed by atoms with Gasteiger partial charge in [0.05, 0.1) is 11.6 Å². The number of hydrogen-bond donors (Lipinski definition) is 3. The number of aromatic nitrogens is 2. The highest BCUT2D eigenvalue weighted by molar-refractivity contribution is 7.89. The molecule has 0 atom stereocenters. The van der Waals surface area contributed by atoms with Crippen LogP contribution in [0, 0.1) is 5.41 Å². The summed E-state index contributed by atoms with van der Waals surface area (Å²) in [6, 6.07) is 0. The lowest BCUT2D eigenvalue weighted by Gasteiger charge is -2.23. The Hall–Kier alpha value is -1.41. The summed E-state index contributed by atoms with van der Waals surface area (Å²) in [6.07, 6.45) is 5.10. The number of carbonyl (C=O) groups is 1. The molecule has 2 rings (SSSR count). The molecule has 18 heavy (non-hydrogen) atoms. The van der Waals surface area contributed by atoms with Crippen molar-refractivity contribution in [2.45, 2.75) is 30.6 Å². The molecule has 1 aliphatic rings. The average molecular weight is 273 g/mol. The molecule has 8 heteroatoms. The maximum absolute atomic E-state index is 11.9. The summed E-state index contributed by atoms with van der Waals surface area (Å²) in [7, 11) is -3.68. The molecular formula is C10H15N3O4S. The lowest BCUT2D eigenvalue weighted by atomic mass is 9.87. The van der Waals surface area contributed by atoms with Crippen molar-refractivity contribution in [3.8, 4) is 0 Å². The third kappa shape index (κ3) is 2.39. The van der Waals surface area contributed by atoms with E-state index in [0.717, 1.165) is 12.8 Å². The number of aromatic amines is 1. The first kappa shape index (κ1) is 13.0. The van der Waals surface area contributed by atoms with Crippen molar-refractivity contribution in [2.24, 2.45) is 5.41 Å². The molecule has 7 nitrogen and oxygen atoms in total. The number of carboxylic acids is 1. The number of aliphatic carboxylic acids is 1. The highest BCUT2D eigenvalue weighted by atomic mass is 32.2. The normalized spacial score (nSPS) is 18.9. The van der Waals surface area contributed by atoms with Gasteiger partial charge in [-0.1, -0.05) is 12.8 Å². The minimum absolute atomic E-state index is 0.0148. The van der Waals surface area contributed by atoms with Crippen molar-refractivity contribution < 1.29 is 18.3 Å². The maximum atomic E-state index is 11.9. The lowest BCUT2D eigenvalue weighted by molar-refractivity contribution is -0.148. The number of nitrogens with one attached hydrogen (secondary N) is 2. The van der Waals surface area contributed by atoms with Gasteiger partial charge in [-0.05, 0) is 12.8 Å². The number of rotatable bonds is 5. The Bertz CT molecular complexity index is 517. The number of sulfonamides is 1. The third-order valence-corrected chi connectivity index (χ3v) is 4.77. The van der Waals surface area contributed by atoms with Gasteiger partial charge in [0.25, 0.3) is 0 Å². The zero-order chi connectivity index (χ0) is 13.2. The zero-order valence-corrected chi connectivity index (χ0v) is 10.5. The van der Waals surface area contributed by atoms with Crippen LogP contribution in [0.5, 0.6) is 0 Å². The second-order valence-electron chi connectivity index (χ2n) is 4.55. The van der Waals surface area contributed by atoms with E-state index >= 15 is 0 Å². The number of H-pyrrole nitrogens is 1. The Morgan fingerprint density at radius 1 is 1.50 bits per heavy atom. The predicted molar refractivity (Wildman–Crippen MR) is 62.3 cm³/mol. The summed E-state index contributed by atoms with van der Waals surface area (Å²) in [5, 5.41) is 15.2. The summed E-state index contributed by atoms with van der Waals surface area (Å²) in [5.74, 6) is -0.935. The molecule has 1 heterocycles. The number of hydrogen-bond acceptors (Lipinski definition) is 4. The fourth-order valence-electron chi connectivity index (χ4n) is 2.22. The molecule has 1 aliphatic carbocycles. The topological polar surface area (TPSA) is 112 Å². The zero-order valence-electron chi connectivity index (χ0n) is 9.72. The molecule has 1 fully saturated rings. The minimum atomic E-state index is -3.68. The minimum Gasteiger partial charge on any atom is -0.481 e. The molecule has 0 radical (unpaired) electrons. The van der Waals surface area contributed by atoms with Crippen LogP contribution in [-0.2, 0) is 14.8 Å². The van der Waals surface area contributed by atoms with Crippen molar-refractivity contribution in [3.63, 3.8) is 0 Å². The van der Waals surface area contributed by atoms with Gasteiger partial charge < -0.3 is 5.11 Å². The van der Waals surface area contributed by atoms with E-state index < -0.39 is 21.4 Å². The van der Waals surface area contributed by atoms with Crippen molar-refractivity contribution in [1.29, 1.82) is 0 Å². The van der Waals surface area contributed by atoms with Crippen LogP contribution >= 0.6 is 0 Å². The molecule has 3 N–H and O–H groups in total. The quantitative estimate of drug-likeness (QED) is 0.715. The van der Waals surface area contributed by atoms with E-state index in [2.05, 4.69) is 14.9 Å². The van der Waals surface area contributed by atoms with Gasteiger partial charge in [0.15, 0.2) is 0 Å². The van der Waals surface area contributed by atoms with Crippen LogP contribution in [0.4, 0.5) is 0 Å². The summed E-state index contributed by atoms with van der Waals surface area (Å²) in [4.78, 5) is 11.3. The summed E-state index contributed by atoms with van der Waals surface area (Å²) in [5.41, 5.74) is -0.962. The molecule has 0 aliphatic heterocycles. The Balaban J connectivity index is 2.09. The number of nitrogens with zero attached hydrogens (tertiary/aromatic N) is 1.